The Kier molecular flexibility index (Phi) is 4.20. The molecule has 0 saturated heterocycles. The van der Waals surface area contributed by atoms with Gasteiger partial charge in [-0.2, -0.15) is 0 Å². The van der Waals surface area contributed by atoms with Crippen LogP contribution in [0.3, 0.4) is 0 Å². The SMILES string of the molecule is C/C=C(C)/C(=N\C=N)NC. The highest BCUT2D eigenvalue weighted by molar-refractivity contribution is 6.00. The van der Waals surface area contributed by atoms with Crippen molar-refractivity contribution in [2.45, 2.75) is 13.8 Å². The average Bonchev–Trinajstić information content (AvgIpc) is 1.99. The van der Waals surface area contributed by atoms with Crippen LogP contribution in [0.1, 0.15) is 13.8 Å². The summed E-state index contributed by atoms with van der Waals surface area (Å²) < 4.78 is 0. The third-order valence-electron chi connectivity index (χ3n) is 1.24. The van der Waals surface area contributed by atoms with E-state index in [1.807, 2.05) is 19.9 Å². The van der Waals surface area contributed by atoms with Crippen LogP contribution in [0.2, 0.25) is 0 Å². The number of amidine groups is 1. The summed E-state index contributed by atoms with van der Waals surface area (Å²) in [5.41, 5.74) is 1.05. The highest BCUT2D eigenvalue weighted by Crippen LogP contribution is 1.91. The van der Waals surface area contributed by atoms with E-state index in [4.69, 9.17) is 5.41 Å². The predicted molar refractivity (Wildman–Crippen MR) is 44.7 cm³/mol. The Balaban J connectivity index is 4.35. The highest BCUT2D eigenvalue weighted by atomic mass is 15.0. The Labute approximate surface area is 61.4 Å². The molecule has 0 heterocycles. The molecular weight excluding hydrogens is 126 g/mol. The molecule has 0 aliphatic heterocycles. The molecule has 0 fully saturated rings. The second-order valence-electron chi connectivity index (χ2n) is 1.83. The molecule has 0 atom stereocenters. The van der Waals surface area contributed by atoms with Crippen LogP contribution in [0.5, 0.6) is 0 Å². The number of hydrogen-bond acceptors (Lipinski definition) is 1. The minimum absolute atomic E-state index is 0.748. The minimum atomic E-state index is 0.748. The second kappa shape index (κ2) is 4.73. The monoisotopic (exact) mass is 139 g/mol. The van der Waals surface area contributed by atoms with Crippen molar-refractivity contribution < 1.29 is 0 Å². The van der Waals surface area contributed by atoms with E-state index in [-0.39, 0.29) is 0 Å². The lowest BCUT2D eigenvalue weighted by molar-refractivity contribution is 1.16. The third kappa shape index (κ3) is 2.44. The first-order valence-corrected chi connectivity index (χ1v) is 3.14. The van der Waals surface area contributed by atoms with E-state index in [0.29, 0.717) is 0 Å². The summed E-state index contributed by atoms with van der Waals surface area (Å²) in [6, 6.07) is 0. The summed E-state index contributed by atoms with van der Waals surface area (Å²) in [6.07, 6.45) is 2.97. The fraction of sp³-hybridized carbons (Fsp3) is 0.429. The van der Waals surface area contributed by atoms with Gasteiger partial charge in [-0.3, -0.25) is 5.41 Å². The van der Waals surface area contributed by atoms with Crippen LogP contribution in [0.15, 0.2) is 16.6 Å². The van der Waals surface area contributed by atoms with Crippen molar-refractivity contribution in [3.05, 3.63) is 11.6 Å². The Morgan fingerprint density at radius 2 is 2.20 bits per heavy atom. The van der Waals surface area contributed by atoms with Gasteiger partial charge in [0.05, 0.1) is 0 Å². The van der Waals surface area contributed by atoms with Crippen molar-refractivity contribution in [1.29, 1.82) is 5.41 Å². The van der Waals surface area contributed by atoms with E-state index in [0.717, 1.165) is 17.7 Å². The molecule has 0 aromatic carbocycles. The smallest absolute Gasteiger partial charge is 0.130 e. The van der Waals surface area contributed by atoms with E-state index in [1.165, 1.54) is 0 Å². The van der Waals surface area contributed by atoms with Crippen LogP contribution in [-0.4, -0.2) is 19.2 Å². The molecule has 0 radical (unpaired) electrons. The average molecular weight is 139 g/mol. The summed E-state index contributed by atoms with van der Waals surface area (Å²) in [5, 5.41) is 9.61. The van der Waals surface area contributed by atoms with Crippen molar-refractivity contribution in [2.24, 2.45) is 4.99 Å². The van der Waals surface area contributed by atoms with Crippen molar-refractivity contribution in [1.82, 2.24) is 5.32 Å². The summed E-state index contributed by atoms with van der Waals surface area (Å²) in [6.45, 7) is 3.88. The molecule has 0 aliphatic rings. The fourth-order valence-corrected chi connectivity index (χ4v) is 0.565. The zero-order chi connectivity index (χ0) is 7.98. The molecule has 3 heteroatoms. The number of hydrogen-bond donors (Lipinski definition) is 2. The molecule has 2 N–H and O–H groups in total. The molecule has 0 amide bonds. The zero-order valence-electron chi connectivity index (χ0n) is 6.60. The van der Waals surface area contributed by atoms with Crippen LogP contribution in [-0.2, 0) is 0 Å². The maximum atomic E-state index is 6.73. The van der Waals surface area contributed by atoms with Crippen molar-refractivity contribution >= 4 is 12.2 Å². The van der Waals surface area contributed by atoms with Crippen molar-refractivity contribution in [3.63, 3.8) is 0 Å². The number of rotatable bonds is 2. The van der Waals surface area contributed by atoms with Gasteiger partial charge in [0, 0.05) is 7.05 Å². The molecule has 10 heavy (non-hydrogen) atoms. The van der Waals surface area contributed by atoms with E-state index in [2.05, 4.69) is 10.3 Å². The molecule has 3 nitrogen and oxygen atoms in total. The number of allylic oxidation sites excluding steroid dienone is 1. The van der Waals surface area contributed by atoms with Crippen molar-refractivity contribution in [2.75, 3.05) is 7.05 Å². The summed E-state index contributed by atoms with van der Waals surface area (Å²) in [5.74, 6) is 0.748. The molecule has 0 unspecified atom stereocenters. The van der Waals surface area contributed by atoms with Crippen LogP contribution in [0, 0.1) is 5.41 Å². The van der Waals surface area contributed by atoms with Crippen molar-refractivity contribution in [3.8, 4) is 0 Å². The number of likely N-dealkylation sites (N-methyl/N-ethyl adjacent to an activating group) is 1. The molecule has 0 spiro atoms. The first-order chi connectivity index (χ1) is 4.76. The maximum absolute atomic E-state index is 6.73. The number of aliphatic imine (C=N–C) groups is 1. The largest absolute Gasteiger partial charge is 0.373 e. The standard InChI is InChI=1S/C7H13N3/c1-4-6(2)7(9-3)10-5-8/h4-5H,1-3H3,(H2,8,9,10)/b6-4+. The maximum Gasteiger partial charge on any atom is 0.130 e. The molecule has 0 saturated carbocycles. The van der Waals surface area contributed by atoms with E-state index >= 15 is 0 Å². The lowest BCUT2D eigenvalue weighted by Crippen LogP contribution is -2.19. The van der Waals surface area contributed by atoms with Crippen LogP contribution in [0.25, 0.3) is 0 Å². The first kappa shape index (κ1) is 8.88. The lowest BCUT2D eigenvalue weighted by Gasteiger charge is -2.01. The van der Waals surface area contributed by atoms with Gasteiger partial charge in [0.25, 0.3) is 0 Å². The first-order valence-electron chi connectivity index (χ1n) is 3.14. The number of nitrogens with one attached hydrogen (secondary N) is 2. The Bertz CT molecular complexity index is 168. The quantitative estimate of drug-likeness (QED) is 0.438. The van der Waals surface area contributed by atoms with Gasteiger partial charge >= 0.3 is 0 Å². The highest BCUT2D eigenvalue weighted by Gasteiger charge is 1.93. The topological polar surface area (TPSA) is 48.2 Å². The molecule has 0 aromatic rings. The van der Waals surface area contributed by atoms with E-state index in [9.17, 15) is 0 Å². The molecule has 0 aromatic heterocycles. The van der Waals surface area contributed by atoms with Gasteiger partial charge in [0.2, 0.25) is 0 Å². The van der Waals surface area contributed by atoms with Gasteiger partial charge in [-0.15, -0.1) is 0 Å². The molecule has 0 bridgehead atoms. The van der Waals surface area contributed by atoms with Gasteiger partial charge in [-0.25, -0.2) is 4.99 Å². The second-order valence-corrected chi connectivity index (χ2v) is 1.83. The van der Waals surface area contributed by atoms with Gasteiger partial charge in [-0.05, 0) is 19.4 Å². The summed E-state index contributed by atoms with van der Waals surface area (Å²) >= 11 is 0. The fourth-order valence-electron chi connectivity index (χ4n) is 0.565. The van der Waals surface area contributed by atoms with Gasteiger partial charge in [-0.1, -0.05) is 6.08 Å². The summed E-state index contributed by atoms with van der Waals surface area (Å²) in [7, 11) is 1.79. The molecule has 0 rings (SSSR count). The van der Waals surface area contributed by atoms with Gasteiger partial charge in [0.15, 0.2) is 0 Å². The van der Waals surface area contributed by atoms with Crippen LogP contribution >= 0.6 is 0 Å². The van der Waals surface area contributed by atoms with Crippen LogP contribution < -0.4 is 5.32 Å². The third-order valence-corrected chi connectivity index (χ3v) is 1.24. The molecule has 56 valence electrons. The van der Waals surface area contributed by atoms with E-state index in [1.54, 1.807) is 7.05 Å². The predicted octanol–water partition coefficient (Wildman–Crippen LogP) is 1.18. The molecular formula is C7H13N3. The van der Waals surface area contributed by atoms with Gasteiger partial charge < -0.3 is 5.32 Å². The lowest BCUT2D eigenvalue weighted by atomic mass is 10.3. The zero-order valence-corrected chi connectivity index (χ0v) is 6.60. The van der Waals surface area contributed by atoms with E-state index < -0.39 is 0 Å². The van der Waals surface area contributed by atoms with Crippen LogP contribution in [0.4, 0.5) is 0 Å². The normalized spacial score (nSPS) is 13.1. The Morgan fingerprint density at radius 3 is 2.50 bits per heavy atom. The Hall–Kier alpha value is -1.12. The summed E-state index contributed by atoms with van der Waals surface area (Å²) in [4.78, 5) is 3.79. The van der Waals surface area contributed by atoms with Gasteiger partial charge in [0.1, 0.15) is 12.2 Å². The minimum Gasteiger partial charge on any atom is -0.373 e. The molecule has 0 aliphatic carbocycles. The Morgan fingerprint density at radius 1 is 1.60 bits per heavy atom. The number of nitrogens with zero attached hydrogens (tertiary/aromatic N) is 1.